The fraction of sp³-hybridized carbons (Fsp3) is 0.231. The maximum absolute atomic E-state index is 9.37. The number of aromatic nitrogens is 4. The number of hydrogen-bond donors (Lipinski definition) is 0. The summed E-state index contributed by atoms with van der Waals surface area (Å²) in [5, 5.41) is 14.4. The van der Waals surface area contributed by atoms with E-state index in [4.69, 9.17) is 14.2 Å². The van der Waals surface area contributed by atoms with E-state index >= 15 is 0 Å². The minimum absolute atomic E-state index is 0.580. The molecule has 0 unspecified atom stereocenters. The molecule has 3 heterocycles. The van der Waals surface area contributed by atoms with Crippen LogP contribution in [-0.2, 0) is 20.0 Å². The van der Waals surface area contributed by atoms with E-state index in [9.17, 15) is 5.26 Å². The Hall–Kier alpha value is -4.38. The maximum Gasteiger partial charge on any atom is 0.221 e. The highest BCUT2D eigenvalue weighted by Crippen LogP contribution is 2.38. The fourth-order valence-electron chi connectivity index (χ4n) is 4.62. The summed E-state index contributed by atoms with van der Waals surface area (Å²) in [7, 11) is 3.56. The molecule has 0 aliphatic rings. The molecule has 0 aliphatic heterocycles. The van der Waals surface area contributed by atoms with Crippen LogP contribution in [0.2, 0.25) is 0 Å². The highest BCUT2D eigenvalue weighted by atomic mass is 16.5. The van der Waals surface area contributed by atoms with Gasteiger partial charge in [-0.15, -0.1) is 4.99 Å². The van der Waals surface area contributed by atoms with Gasteiger partial charge < -0.3 is 18.4 Å². The highest BCUT2D eigenvalue weighted by Gasteiger charge is 2.20. The van der Waals surface area contributed by atoms with Gasteiger partial charge in [0.25, 0.3) is 0 Å². The monoisotopic (exact) mass is 452 g/mol. The van der Waals surface area contributed by atoms with Crippen LogP contribution in [0.25, 0.3) is 33.1 Å². The number of benzene rings is 2. The predicted molar refractivity (Wildman–Crippen MR) is 129 cm³/mol. The number of nitrogens with zero attached hydrogens (tertiary/aromatic N) is 6. The van der Waals surface area contributed by atoms with Crippen molar-refractivity contribution in [3.63, 3.8) is 0 Å². The summed E-state index contributed by atoms with van der Waals surface area (Å²) in [5.74, 6) is 1.43. The van der Waals surface area contributed by atoms with Crippen molar-refractivity contribution < 1.29 is 9.26 Å². The Morgan fingerprint density at radius 2 is 1.97 bits per heavy atom. The summed E-state index contributed by atoms with van der Waals surface area (Å²) >= 11 is 0. The average molecular weight is 453 g/mol. The molecule has 0 saturated carbocycles. The fourth-order valence-corrected chi connectivity index (χ4v) is 4.62. The summed E-state index contributed by atoms with van der Waals surface area (Å²) < 4.78 is 15.2. The third kappa shape index (κ3) is 3.42. The standard InChI is InChI=1S/C26H24N6O2/c1-16-24(17(2)34-30-16)20-12-21-19(13-23(20)33-4)25-22(14-28-21)31(3)26(29-15-27)32(25)11-10-18-8-6-5-7-9-18/h5-9,12-14H,10-11H2,1-4H3. The summed E-state index contributed by atoms with van der Waals surface area (Å²) in [4.78, 5) is 8.88. The van der Waals surface area contributed by atoms with Gasteiger partial charge in [0, 0.05) is 24.5 Å². The minimum atomic E-state index is 0.580. The predicted octanol–water partition coefficient (Wildman–Crippen LogP) is 4.43. The first kappa shape index (κ1) is 21.5. The minimum Gasteiger partial charge on any atom is -0.496 e. The van der Waals surface area contributed by atoms with E-state index in [0.717, 1.165) is 50.9 Å². The molecule has 0 spiro atoms. The zero-order valence-corrected chi connectivity index (χ0v) is 19.5. The van der Waals surface area contributed by atoms with Gasteiger partial charge >= 0.3 is 0 Å². The van der Waals surface area contributed by atoms with E-state index in [0.29, 0.717) is 17.9 Å². The first-order chi connectivity index (χ1) is 16.5. The van der Waals surface area contributed by atoms with E-state index in [1.54, 1.807) is 7.11 Å². The van der Waals surface area contributed by atoms with Crippen molar-refractivity contribution in [3.05, 3.63) is 71.3 Å². The molecule has 0 fully saturated rings. The van der Waals surface area contributed by atoms with Gasteiger partial charge in [0.1, 0.15) is 11.5 Å². The molecule has 2 aromatic carbocycles. The van der Waals surface area contributed by atoms with Crippen molar-refractivity contribution in [3.8, 4) is 23.1 Å². The van der Waals surface area contributed by atoms with Crippen LogP contribution in [0.1, 0.15) is 17.0 Å². The van der Waals surface area contributed by atoms with Crippen LogP contribution in [0.5, 0.6) is 5.75 Å². The van der Waals surface area contributed by atoms with Crippen molar-refractivity contribution in [2.75, 3.05) is 7.11 Å². The second kappa shape index (κ2) is 8.52. The molecular formula is C26H24N6O2. The first-order valence-electron chi connectivity index (χ1n) is 11.0. The van der Waals surface area contributed by atoms with Gasteiger partial charge in [-0.3, -0.25) is 4.98 Å². The Morgan fingerprint density at radius 3 is 2.65 bits per heavy atom. The number of fused-ring (bicyclic) bond motifs is 3. The van der Waals surface area contributed by atoms with E-state index in [2.05, 4.69) is 26.8 Å². The molecule has 0 N–H and O–H groups in total. The van der Waals surface area contributed by atoms with Crippen LogP contribution < -0.4 is 10.4 Å². The summed E-state index contributed by atoms with van der Waals surface area (Å²) in [6.45, 7) is 4.46. The molecule has 0 atom stereocenters. The van der Waals surface area contributed by atoms with Gasteiger partial charge in [-0.05, 0) is 38.0 Å². The van der Waals surface area contributed by atoms with Gasteiger partial charge in [0.15, 0.2) is 0 Å². The number of rotatable bonds is 5. The van der Waals surface area contributed by atoms with Crippen molar-refractivity contribution in [1.29, 1.82) is 5.26 Å². The topological polar surface area (TPSA) is 94.2 Å². The smallest absolute Gasteiger partial charge is 0.221 e. The first-order valence-corrected chi connectivity index (χ1v) is 11.0. The lowest BCUT2D eigenvalue weighted by molar-refractivity contribution is 0.393. The number of imidazole rings is 1. The normalized spacial score (nSPS) is 11.9. The molecule has 5 aromatic rings. The third-order valence-corrected chi connectivity index (χ3v) is 6.23. The molecule has 5 rings (SSSR count). The lowest BCUT2D eigenvalue weighted by atomic mass is 10.0. The van der Waals surface area contributed by atoms with Crippen LogP contribution in [0.4, 0.5) is 0 Å². The quantitative estimate of drug-likeness (QED) is 0.368. The Kier molecular flexibility index (Phi) is 5.38. The molecule has 0 radical (unpaired) electrons. The zero-order valence-electron chi connectivity index (χ0n) is 19.5. The Morgan fingerprint density at radius 1 is 1.18 bits per heavy atom. The molecule has 0 saturated heterocycles. The summed E-state index contributed by atoms with van der Waals surface area (Å²) in [6, 6.07) is 14.3. The molecule has 0 amide bonds. The molecular weight excluding hydrogens is 428 g/mol. The lowest BCUT2D eigenvalue weighted by Crippen LogP contribution is -2.24. The van der Waals surface area contributed by atoms with Crippen LogP contribution in [0, 0.1) is 25.3 Å². The van der Waals surface area contributed by atoms with E-state index in [1.165, 1.54) is 5.56 Å². The van der Waals surface area contributed by atoms with Gasteiger partial charge in [-0.2, -0.15) is 5.26 Å². The highest BCUT2D eigenvalue weighted by molar-refractivity contribution is 6.05. The number of hydrogen-bond acceptors (Lipinski definition) is 6. The van der Waals surface area contributed by atoms with Crippen LogP contribution in [0.3, 0.4) is 0 Å². The average Bonchev–Trinajstić information content (AvgIpc) is 3.33. The van der Waals surface area contributed by atoms with Gasteiger partial charge in [0.2, 0.25) is 11.8 Å². The Bertz CT molecular complexity index is 1610. The Labute approximate surface area is 196 Å². The molecule has 0 aliphatic carbocycles. The summed E-state index contributed by atoms with van der Waals surface area (Å²) in [6.07, 6.45) is 4.59. The van der Waals surface area contributed by atoms with Gasteiger partial charge in [0.05, 0.1) is 41.1 Å². The largest absolute Gasteiger partial charge is 0.496 e. The van der Waals surface area contributed by atoms with Crippen molar-refractivity contribution in [2.45, 2.75) is 26.8 Å². The third-order valence-electron chi connectivity index (χ3n) is 6.23. The number of ether oxygens (including phenoxy) is 1. The second-order valence-electron chi connectivity index (χ2n) is 8.22. The molecule has 34 heavy (non-hydrogen) atoms. The van der Waals surface area contributed by atoms with Gasteiger partial charge in [-0.1, -0.05) is 35.5 Å². The molecule has 170 valence electrons. The lowest BCUT2D eigenvalue weighted by Gasteiger charge is -2.12. The number of methoxy groups -OCH3 is 1. The van der Waals surface area contributed by atoms with Crippen molar-refractivity contribution in [2.24, 2.45) is 12.0 Å². The number of nitriles is 1. The zero-order chi connectivity index (χ0) is 23.8. The SMILES string of the molecule is COc1cc2c(cc1-c1c(C)noc1C)ncc1c2n(CCc2ccccc2)c(=NC#N)n1C. The van der Waals surface area contributed by atoms with Crippen LogP contribution in [-0.4, -0.2) is 26.4 Å². The van der Waals surface area contributed by atoms with Crippen molar-refractivity contribution >= 4 is 21.9 Å². The van der Waals surface area contributed by atoms with Crippen molar-refractivity contribution in [1.82, 2.24) is 19.3 Å². The van der Waals surface area contributed by atoms with Crippen LogP contribution in [0.15, 0.2) is 58.2 Å². The van der Waals surface area contributed by atoms with E-state index < -0.39 is 0 Å². The van der Waals surface area contributed by atoms with Crippen LogP contribution >= 0.6 is 0 Å². The molecule has 3 aromatic heterocycles. The maximum atomic E-state index is 9.37. The number of aryl methyl sites for hydroxylation is 5. The molecule has 8 nitrogen and oxygen atoms in total. The Balaban J connectivity index is 1.79. The molecule has 8 heteroatoms. The van der Waals surface area contributed by atoms with E-state index in [-0.39, 0.29) is 0 Å². The van der Waals surface area contributed by atoms with E-state index in [1.807, 2.05) is 68.2 Å². The number of pyridine rings is 1. The molecule has 0 bridgehead atoms. The van der Waals surface area contributed by atoms with Gasteiger partial charge in [-0.25, -0.2) is 0 Å². The second-order valence-corrected chi connectivity index (χ2v) is 8.22. The summed E-state index contributed by atoms with van der Waals surface area (Å²) in [5.41, 5.74) is 7.04.